The molecule has 0 radical (unpaired) electrons. The van der Waals surface area contributed by atoms with E-state index in [9.17, 15) is 0 Å². The first-order chi connectivity index (χ1) is 29.8. The predicted octanol–water partition coefficient (Wildman–Crippen LogP) is 16.8. The zero-order chi connectivity index (χ0) is 39.3. The number of furan rings is 2. The van der Waals surface area contributed by atoms with Crippen LogP contribution in [0.25, 0.3) is 131 Å². The minimum Gasteiger partial charge on any atom is -0.455 e. The van der Waals surface area contributed by atoms with Crippen LogP contribution >= 0.6 is 0 Å². The lowest BCUT2D eigenvalue weighted by Gasteiger charge is -2.18. The first kappa shape index (κ1) is 33.1. The molecule has 2 heterocycles. The Kier molecular flexibility index (Phi) is 7.05. The van der Waals surface area contributed by atoms with Gasteiger partial charge in [-0.15, -0.1) is 0 Å². The lowest BCUT2D eigenvalue weighted by atomic mass is 9.85. The normalized spacial score (nSPS) is 12.0. The number of benzene rings is 11. The third-order valence-electron chi connectivity index (χ3n) is 12.6. The van der Waals surface area contributed by atoms with Crippen LogP contribution in [0.2, 0.25) is 0 Å². The fourth-order valence-electron chi connectivity index (χ4n) is 9.96. The predicted molar refractivity (Wildman–Crippen MR) is 253 cm³/mol. The van der Waals surface area contributed by atoms with E-state index in [1.807, 2.05) is 0 Å². The summed E-state index contributed by atoms with van der Waals surface area (Å²) in [5.41, 5.74) is 12.8. The summed E-state index contributed by atoms with van der Waals surface area (Å²) < 4.78 is 13.7. The highest BCUT2D eigenvalue weighted by Crippen LogP contribution is 2.49. The summed E-state index contributed by atoms with van der Waals surface area (Å²) in [4.78, 5) is 0. The number of para-hydroxylation sites is 2. The second kappa shape index (κ2) is 12.8. The van der Waals surface area contributed by atoms with Crippen LogP contribution in [0.3, 0.4) is 0 Å². The van der Waals surface area contributed by atoms with E-state index in [2.05, 4.69) is 206 Å². The first-order valence-corrected chi connectivity index (χ1v) is 20.6. The molecule has 0 aliphatic heterocycles. The van der Waals surface area contributed by atoms with E-state index in [0.29, 0.717) is 0 Å². The second-order valence-corrected chi connectivity index (χ2v) is 15.9. The van der Waals surface area contributed by atoms with Crippen LogP contribution in [-0.4, -0.2) is 0 Å². The van der Waals surface area contributed by atoms with Gasteiger partial charge < -0.3 is 8.83 Å². The standard InChI is InChI=1S/C58H34O2/c1-2-14-35(15-3-1)36-28-30-37(31-29-36)54-44-24-12-22-42(50-32-38-16-4-6-18-40(38)55-46-20-8-10-26-52(46)59-57(50)55)48(44)34-49-43(23-13-25-45(49)54)51-33-39-17-5-7-19-41(39)56-47-21-9-11-27-53(47)60-58(51)56/h1-34H. The molecule has 0 amide bonds. The summed E-state index contributed by atoms with van der Waals surface area (Å²) >= 11 is 0. The summed E-state index contributed by atoms with van der Waals surface area (Å²) in [5.74, 6) is 0. The highest BCUT2D eigenvalue weighted by Gasteiger charge is 2.22. The van der Waals surface area contributed by atoms with Crippen molar-refractivity contribution < 1.29 is 8.83 Å². The first-order valence-electron chi connectivity index (χ1n) is 20.6. The van der Waals surface area contributed by atoms with Gasteiger partial charge in [0.1, 0.15) is 22.3 Å². The fraction of sp³-hybridized carbons (Fsp3) is 0. The summed E-state index contributed by atoms with van der Waals surface area (Å²) in [7, 11) is 0. The smallest absolute Gasteiger partial charge is 0.143 e. The van der Waals surface area contributed by atoms with Crippen LogP contribution in [0, 0.1) is 0 Å². The van der Waals surface area contributed by atoms with Crippen molar-refractivity contribution in [2.75, 3.05) is 0 Å². The van der Waals surface area contributed by atoms with Crippen molar-refractivity contribution in [3.63, 3.8) is 0 Å². The SMILES string of the molecule is c1ccc(-c2ccc(-c3c4cccc(-c5cc6ccccc6c6c5oc5ccccc56)c4cc4c(-c5cc6ccccc6c6c5oc5ccccc56)cccc34)cc2)cc1. The molecule has 13 rings (SSSR count). The third kappa shape index (κ3) is 4.82. The van der Waals surface area contributed by atoms with Crippen LogP contribution in [0.1, 0.15) is 0 Å². The van der Waals surface area contributed by atoms with Gasteiger partial charge in [0.05, 0.1) is 0 Å². The Balaban J connectivity index is 1.17. The number of rotatable bonds is 4. The summed E-state index contributed by atoms with van der Waals surface area (Å²) in [6.45, 7) is 0. The average Bonchev–Trinajstić information content (AvgIpc) is 3.91. The molecular formula is C58H34O2. The summed E-state index contributed by atoms with van der Waals surface area (Å²) in [5, 5.41) is 14.0. The molecule has 2 nitrogen and oxygen atoms in total. The van der Waals surface area contributed by atoms with Gasteiger partial charge in [0.2, 0.25) is 0 Å². The molecule has 0 aliphatic carbocycles. The van der Waals surface area contributed by atoms with Crippen molar-refractivity contribution >= 4 is 87.0 Å². The Bertz CT molecular complexity index is 3650. The van der Waals surface area contributed by atoms with Gasteiger partial charge in [0.25, 0.3) is 0 Å². The quantitative estimate of drug-likeness (QED) is 0.167. The van der Waals surface area contributed by atoms with E-state index < -0.39 is 0 Å². The van der Waals surface area contributed by atoms with Gasteiger partial charge >= 0.3 is 0 Å². The lowest BCUT2D eigenvalue weighted by molar-refractivity contribution is 0.670. The number of hydrogen-bond acceptors (Lipinski definition) is 2. The monoisotopic (exact) mass is 762 g/mol. The van der Waals surface area contributed by atoms with E-state index in [-0.39, 0.29) is 0 Å². The highest BCUT2D eigenvalue weighted by atomic mass is 16.3. The molecule has 0 spiro atoms. The molecule has 11 aromatic carbocycles. The van der Waals surface area contributed by atoms with Gasteiger partial charge in [0, 0.05) is 32.7 Å². The van der Waals surface area contributed by atoms with Gasteiger partial charge in [-0.05, 0) is 107 Å². The van der Waals surface area contributed by atoms with Crippen LogP contribution in [0.4, 0.5) is 0 Å². The van der Waals surface area contributed by atoms with Gasteiger partial charge in [-0.3, -0.25) is 0 Å². The second-order valence-electron chi connectivity index (χ2n) is 15.9. The van der Waals surface area contributed by atoms with E-state index in [0.717, 1.165) is 66.1 Å². The van der Waals surface area contributed by atoms with Gasteiger partial charge in [0.15, 0.2) is 0 Å². The Morgan fingerprint density at radius 2 is 0.667 bits per heavy atom. The molecule has 0 fully saturated rings. The molecule has 0 unspecified atom stereocenters. The van der Waals surface area contributed by atoms with Crippen molar-refractivity contribution in [2.24, 2.45) is 0 Å². The van der Waals surface area contributed by atoms with E-state index in [1.165, 1.54) is 65.3 Å². The largest absolute Gasteiger partial charge is 0.455 e. The molecule has 60 heavy (non-hydrogen) atoms. The number of hydrogen-bond donors (Lipinski definition) is 0. The van der Waals surface area contributed by atoms with E-state index >= 15 is 0 Å². The summed E-state index contributed by atoms with van der Waals surface area (Å²) in [6.07, 6.45) is 0. The van der Waals surface area contributed by atoms with Crippen LogP contribution < -0.4 is 0 Å². The van der Waals surface area contributed by atoms with Crippen LogP contribution in [-0.2, 0) is 0 Å². The van der Waals surface area contributed by atoms with Crippen LogP contribution in [0.5, 0.6) is 0 Å². The zero-order valence-corrected chi connectivity index (χ0v) is 32.4. The lowest BCUT2D eigenvalue weighted by Crippen LogP contribution is -1.92. The van der Waals surface area contributed by atoms with E-state index in [4.69, 9.17) is 8.83 Å². The minimum absolute atomic E-state index is 0.892. The molecule has 0 saturated carbocycles. The van der Waals surface area contributed by atoms with Crippen molar-refractivity contribution in [3.05, 3.63) is 206 Å². The van der Waals surface area contributed by atoms with Crippen molar-refractivity contribution in [3.8, 4) is 44.5 Å². The van der Waals surface area contributed by atoms with Gasteiger partial charge in [-0.1, -0.05) is 176 Å². The minimum atomic E-state index is 0.892. The Labute approximate surface area is 345 Å². The Hall–Kier alpha value is -7.94. The molecule has 2 heteroatoms. The average molecular weight is 763 g/mol. The molecule has 2 aromatic heterocycles. The van der Waals surface area contributed by atoms with Crippen molar-refractivity contribution in [2.45, 2.75) is 0 Å². The molecule has 0 saturated heterocycles. The highest BCUT2D eigenvalue weighted by molar-refractivity contribution is 6.27. The molecule has 278 valence electrons. The molecule has 0 N–H and O–H groups in total. The van der Waals surface area contributed by atoms with Gasteiger partial charge in [-0.2, -0.15) is 0 Å². The maximum atomic E-state index is 6.85. The van der Waals surface area contributed by atoms with E-state index in [1.54, 1.807) is 0 Å². The molecule has 0 bridgehead atoms. The van der Waals surface area contributed by atoms with Crippen molar-refractivity contribution in [1.82, 2.24) is 0 Å². The molecule has 13 aromatic rings. The van der Waals surface area contributed by atoms with Crippen LogP contribution in [0.15, 0.2) is 215 Å². The van der Waals surface area contributed by atoms with Crippen molar-refractivity contribution in [1.29, 1.82) is 0 Å². The molecule has 0 aliphatic rings. The fourth-order valence-corrected chi connectivity index (χ4v) is 9.96. The maximum Gasteiger partial charge on any atom is 0.143 e. The molecule has 0 atom stereocenters. The zero-order valence-electron chi connectivity index (χ0n) is 32.4. The molecular weight excluding hydrogens is 729 g/mol. The topological polar surface area (TPSA) is 26.3 Å². The number of fused-ring (bicyclic) bond motifs is 12. The maximum absolute atomic E-state index is 6.85. The Morgan fingerprint density at radius 3 is 1.20 bits per heavy atom. The Morgan fingerprint density at radius 1 is 0.250 bits per heavy atom. The van der Waals surface area contributed by atoms with Gasteiger partial charge in [-0.25, -0.2) is 0 Å². The third-order valence-corrected chi connectivity index (χ3v) is 12.6. The summed E-state index contributed by atoms with van der Waals surface area (Å²) in [6, 6.07) is 74.5.